The Hall–Kier alpha value is -2.24. The number of hydrogen-bond acceptors (Lipinski definition) is 4. The van der Waals surface area contributed by atoms with Crippen molar-refractivity contribution >= 4 is 11.5 Å². The molecule has 2 rings (SSSR count). The summed E-state index contributed by atoms with van der Waals surface area (Å²) in [5, 5.41) is 0. The highest BCUT2D eigenvalue weighted by atomic mass is 16.2. The van der Waals surface area contributed by atoms with Crippen LogP contribution in [0.1, 0.15) is 20.8 Å². The first-order valence-corrected chi connectivity index (χ1v) is 5.68. The zero-order valence-electron chi connectivity index (χ0n) is 10.6. The number of hydrogen-bond donors (Lipinski definition) is 3. The van der Waals surface area contributed by atoms with Gasteiger partial charge in [0.25, 0.3) is 5.56 Å². The Morgan fingerprint density at radius 1 is 1.28 bits per heavy atom. The largest absolute Gasteiger partial charge is 0.383 e. The standard InChI is InChI=1S/C12H16N4O2/c1-6-4-7(2)16(8(3)5-6)9-10(13)14-12(18)15-11(9)17/h4-5,7H,1-3H3,(H4,13,14,15,17,18). The van der Waals surface area contributed by atoms with E-state index in [-0.39, 0.29) is 17.5 Å². The fraction of sp³-hybridized carbons (Fsp3) is 0.333. The maximum atomic E-state index is 11.9. The van der Waals surface area contributed by atoms with E-state index >= 15 is 0 Å². The van der Waals surface area contributed by atoms with Gasteiger partial charge in [-0.1, -0.05) is 11.6 Å². The van der Waals surface area contributed by atoms with Gasteiger partial charge in [-0.15, -0.1) is 0 Å². The molecule has 2 heterocycles. The number of anilines is 2. The van der Waals surface area contributed by atoms with E-state index < -0.39 is 11.2 Å². The zero-order valence-corrected chi connectivity index (χ0v) is 10.6. The van der Waals surface area contributed by atoms with Crippen molar-refractivity contribution in [2.24, 2.45) is 0 Å². The van der Waals surface area contributed by atoms with E-state index in [4.69, 9.17) is 5.73 Å². The smallest absolute Gasteiger partial charge is 0.327 e. The SMILES string of the molecule is CC1=CC(C)N(c2c(N)[nH]c(=O)[nH]c2=O)C(C)=C1. The van der Waals surface area contributed by atoms with E-state index in [9.17, 15) is 9.59 Å². The Bertz CT molecular complexity index is 651. The first kappa shape index (κ1) is 12.2. The summed E-state index contributed by atoms with van der Waals surface area (Å²) in [6.07, 6.45) is 3.99. The van der Waals surface area contributed by atoms with Crippen LogP contribution in [0.25, 0.3) is 0 Å². The summed E-state index contributed by atoms with van der Waals surface area (Å²) in [5.74, 6) is 0.0799. The topological polar surface area (TPSA) is 95.0 Å². The number of aromatic amines is 2. The highest BCUT2D eigenvalue weighted by molar-refractivity contribution is 5.67. The van der Waals surface area contributed by atoms with Crippen LogP contribution in [0.3, 0.4) is 0 Å². The molecule has 6 heteroatoms. The lowest BCUT2D eigenvalue weighted by Gasteiger charge is -2.33. The summed E-state index contributed by atoms with van der Waals surface area (Å²) in [6.45, 7) is 5.86. The average Bonchev–Trinajstić information content (AvgIpc) is 2.20. The molecule has 0 bridgehead atoms. The molecule has 1 aromatic rings. The Kier molecular flexibility index (Phi) is 2.86. The molecule has 96 valence electrons. The minimum atomic E-state index is -0.598. The van der Waals surface area contributed by atoms with Crippen molar-refractivity contribution < 1.29 is 0 Å². The van der Waals surface area contributed by atoms with Crippen LogP contribution < -0.4 is 21.9 Å². The molecule has 0 amide bonds. The van der Waals surface area contributed by atoms with E-state index in [2.05, 4.69) is 9.97 Å². The molecule has 0 saturated carbocycles. The molecule has 4 N–H and O–H groups in total. The Labute approximate surface area is 104 Å². The lowest BCUT2D eigenvalue weighted by atomic mass is 10.1. The van der Waals surface area contributed by atoms with Crippen LogP contribution in [0, 0.1) is 0 Å². The monoisotopic (exact) mass is 248 g/mol. The van der Waals surface area contributed by atoms with E-state index in [1.165, 1.54) is 0 Å². The second-order valence-electron chi connectivity index (χ2n) is 4.48. The number of rotatable bonds is 1. The number of nitrogens with two attached hydrogens (primary N) is 1. The van der Waals surface area contributed by atoms with Gasteiger partial charge in [0.2, 0.25) is 0 Å². The number of nitrogen functional groups attached to an aromatic ring is 1. The van der Waals surface area contributed by atoms with Crippen molar-refractivity contribution in [3.05, 3.63) is 44.3 Å². The predicted molar refractivity (Wildman–Crippen MR) is 71.6 cm³/mol. The third-order valence-electron chi connectivity index (χ3n) is 2.91. The van der Waals surface area contributed by atoms with Gasteiger partial charge in [0.1, 0.15) is 11.5 Å². The maximum absolute atomic E-state index is 11.9. The lowest BCUT2D eigenvalue weighted by Crippen LogP contribution is -2.39. The summed E-state index contributed by atoms with van der Waals surface area (Å²) in [4.78, 5) is 29.4. The zero-order chi connectivity index (χ0) is 13.4. The van der Waals surface area contributed by atoms with Crippen LogP contribution in [0.2, 0.25) is 0 Å². The van der Waals surface area contributed by atoms with Gasteiger partial charge >= 0.3 is 5.69 Å². The molecular formula is C12H16N4O2. The second kappa shape index (κ2) is 4.21. The number of nitrogens with zero attached hydrogens (tertiary/aromatic N) is 1. The summed E-state index contributed by atoms with van der Waals surface area (Å²) >= 11 is 0. The van der Waals surface area contributed by atoms with Gasteiger partial charge in [0.05, 0.1) is 0 Å². The van der Waals surface area contributed by atoms with E-state index in [0.717, 1.165) is 11.3 Å². The average molecular weight is 248 g/mol. The summed E-state index contributed by atoms with van der Waals surface area (Å²) in [7, 11) is 0. The van der Waals surface area contributed by atoms with Gasteiger partial charge in [-0.05, 0) is 26.8 Å². The van der Waals surface area contributed by atoms with Crippen LogP contribution in [-0.4, -0.2) is 16.0 Å². The molecule has 6 nitrogen and oxygen atoms in total. The van der Waals surface area contributed by atoms with Crippen molar-refractivity contribution in [1.29, 1.82) is 0 Å². The Morgan fingerprint density at radius 2 is 1.94 bits per heavy atom. The predicted octanol–water partition coefficient (Wildman–Crippen LogP) is 0.704. The highest BCUT2D eigenvalue weighted by Gasteiger charge is 2.23. The van der Waals surface area contributed by atoms with Crippen LogP contribution in [0.5, 0.6) is 0 Å². The molecule has 0 fully saturated rings. The van der Waals surface area contributed by atoms with E-state index in [0.29, 0.717) is 0 Å². The fourth-order valence-corrected chi connectivity index (χ4v) is 2.34. The number of H-pyrrole nitrogens is 2. The molecule has 0 saturated heterocycles. The van der Waals surface area contributed by atoms with Crippen LogP contribution in [0.4, 0.5) is 11.5 Å². The quantitative estimate of drug-likeness (QED) is 0.682. The van der Waals surface area contributed by atoms with Crippen molar-refractivity contribution in [2.45, 2.75) is 26.8 Å². The van der Waals surface area contributed by atoms with Crippen molar-refractivity contribution in [3.63, 3.8) is 0 Å². The van der Waals surface area contributed by atoms with Crippen molar-refractivity contribution in [3.8, 4) is 0 Å². The summed E-state index contributed by atoms with van der Waals surface area (Å²) < 4.78 is 0. The molecule has 1 aliphatic rings. The molecule has 0 radical (unpaired) electrons. The molecule has 0 aromatic carbocycles. The fourth-order valence-electron chi connectivity index (χ4n) is 2.34. The Balaban J connectivity index is 2.61. The number of aromatic nitrogens is 2. The summed E-state index contributed by atoms with van der Waals surface area (Å²) in [5.41, 5.74) is 6.99. The normalized spacial score (nSPS) is 19.5. The molecule has 0 spiro atoms. The number of nitrogens with one attached hydrogen (secondary N) is 2. The molecular weight excluding hydrogens is 232 g/mol. The van der Waals surface area contributed by atoms with Gasteiger partial charge in [-0.3, -0.25) is 14.8 Å². The van der Waals surface area contributed by atoms with Gasteiger partial charge in [-0.25, -0.2) is 4.79 Å². The molecule has 1 aliphatic heterocycles. The first-order chi connectivity index (χ1) is 8.40. The van der Waals surface area contributed by atoms with Gasteiger partial charge in [-0.2, -0.15) is 0 Å². The third kappa shape index (κ3) is 1.97. The third-order valence-corrected chi connectivity index (χ3v) is 2.91. The highest BCUT2D eigenvalue weighted by Crippen LogP contribution is 2.27. The van der Waals surface area contributed by atoms with E-state index in [1.54, 1.807) is 4.90 Å². The maximum Gasteiger partial charge on any atom is 0.327 e. The first-order valence-electron chi connectivity index (χ1n) is 5.68. The number of allylic oxidation sites excluding steroid dienone is 3. The minimum Gasteiger partial charge on any atom is -0.383 e. The molecule has 1 aromatic heterocycles. The van der Waals surface area contributed by atoms with Crippen molar-refractivity contribution in [1.82, 2.24) is 9.97 Å². The molecule has 0 aliphatic carbocycles. The van der Waals surface area contributed by atoms with Crippen LogP contribution >= 0.6 is 0 Å². The van der Waals surface area contributed by atoms with Crippen molar-refractivity contribution in [2.75, 3.05) is 10.6 Å². The minimum absolute atomic E-state index is 0.00398. The molecule has 1 atom stereocenters. The molecule has 1 unspecified atom stereocenters. The Morgan fingerprint density at radius 3 is 2.50 bits per heavy atom. The molecule has 18 heavy (non-hydrogen) atoms. The second-order valence-corrected chi connectivity index (χ2v) is 4.48. The van der Waals surface area contributed by atoms with Crippen LogP contribution in [-0.2, 0) is 0 Å². The van der Waals surface area contributed by atoms with Gasteiger partial charge in [0.15, 0.2) is 0 Å². The van der Waals surface area contributed by atoms with Crippen LogP contribution in [0.15, 0.2) is 33.0 Å². The van der Waals surface area contributed by atoms with Gasteiger partial charge < -0.3 is 10.6 Å². The summed E-state index contributed by atoms with van der Waals surface area (Å²) in [6, 6.07) is 0.00398. The van der Waals surface area contributed by atoms with E-state index in [1.807, 2.05) is 32.9 Å². The van der Waals surface area contributed by atoms with Gasteiger partial charge in [0, 0.05) is 11.7 Å². The lowest BCUT2D eigenvalue weighted by molar-refractivity contribution is 0.788.